The number of ether oxygens (including phenoxy) is 4. The van der Waals surface area contributed by atoms with E-state index in [1.807, 2.05) is 39.8 Å². The second kappa shape index (κ2) is 25.5. The van der Waals surface area contributed by atoms with Crippen LogP contribution in [0.1, 0.15) is 102 Å². The number of hydrogen-bond donors (Lipinski definition) is 4. The zero-order valence-corrected chi connectivity index (χ0v) is 37.3. The van der Waals surface area contributed by atoms with Gasteiger partial charge in [0.15, 0.2) is 0 Å². The Labute approximate surface area is 353 Å². The molecule has 2 aliphatic rings. The first-order valence-corrected chi connectivity index (χ1v) is 21.8. The molecule has 58 heavy (non-hydrogen) atoms. The zero-order valence-electron chi connectivity index (χ0n) is 35.6. The fourth-order valence-corrected chi connectivity index (χ4v) is 9.18. The fraction of sp³-hybridized carbons (Fsp3) is 0.538. The van der Waals surface area contributed by atoms with Gasteiger partial charge in [0, 0.05) is 29.4 Å². The Morgan fingerprint density at radius 1 is 0.707 bits per heavy atom. The van der Waals surface area contributed by atoms with Crippen LogP contribution in [0, 0.1) is 13.8 Å². The molecule has 2 aliphatic heterocycles. The Balaban J connectivity index is 0.00000104. The van der Waals surface area contributed by atoms with E-state index in [0.717, 1.165) is 29.4 Å². The summed E-state index contributed by atoms with van der Waals surface area (Å²) in [5.74, 6) is -0.217. The molecule has 16 nitrogen and oxygen atoms in total. The molecule has 2 aromatic rings. The predicted molar refractivity (Wildman–Crippen MR) is 213 cm³/mol. The van der Waals surface area contributed by atoms with Crippen molar-refractivity contribution in [3.8, 4) is 23.0 Å². The number of methoxy groups -OCH3 is 2. The summed E-state index contributed by atoms with van der Waals surface area (Å²) >= 11 is 0. The third kappa shape index (κ3) is 14.0. The van der Waals surface area contributed by atoms with Gasteiger partial charge < -0.3 is 58.2 Å². The number of carbonyl (C=O) groups is 2. The van der Waals surface area contributed by atoms with Crippen LogP contribution in [0.15, 0.2) is 23.3 Å². The van der Waals surface area contributed by atoms with Crippen molar-refractivity contribution in [3.05, 3.63) is 67.8 Å². The Bertz CT molecular complexity index is 1860. The Hall–Kier alpha value is -3.12. The Morgan fingerprint density at radius 2 is 1.07 bits per heavy atom. The Morgan fingerprint density at radius 3 is 1.41 bits per heavy atom. The van der Waals surface area contributed by atoms with E-state index in [0.29, 0.717) is 72.6 Å². The van der Waals surface area contributed by atoms with Crippen LogP contribution in [-0.4, -0.2) is 91.1 Å². The number of phenols is 2. The van der Waals surface area contributed by atoms with Gasteiger partial charge in [-0.3, -0.25) is 9.13 Å². The van der Waals surface area contributed by atoms with E-state index in [1.54, 1.807) is 20.8 Å². The van der Waals surface area contributed by atoms with Crippen LogP contribution in [0.2, 0.25) is 0 Å². The van der Waals surface area contributed by atoms with Crippen LogP contribution in [0.4, 0.5) is 0 Å². The van der Waals surface area contributed by atoms with Gasteiger partial charge in [-0.25, -0.2) is 9.59 Å². The van der Waals surface area contributed by atoms with Gasteiger partial charge >= 0.3 is 46.0 Å². The third-order valence-electron chi connectivity index (χ3n) is 9.16. The van der Waals surface area contributed by atoms with Gasteiger partial charge in [0.25, 0.3) is 0 Å². The first-order chi connectivity index (χ1) is 26.5. The molecule has 2 aromatic carbocycles. The molecule has 19 heteroatoms. The molecule has 0 amide bonds. The number of rotatable bonds is 18. The summed E-state index contributed by atoms with van der Waals surface area (Å²) in [6.07, 6.45) is 5.70. The molecule has 2 heterocycles. The molecule has 0 radical (unpaired) electrons. The minimum atomic E-state index is -3.57. The van der Waals surface area contributed by atoms with Gasteiger partial charge in [-0.15, -0.1) is 0 Å². The molecule has 322 valence electrons. The van der Waals surface area contributed by atoms with E-state index in [1.165, 1.54) is 14.2 Å². The van der Waals surface area contributed by atoms with Crippen LogP contribution in [0.25, 0.3) is 0 Å². The maximum Gasteiger partial charge on any atom is 1.00 e. The van der Waals surface area contributed by atoms with Crippen LogP contribution < -0.4 is 28.3 Å². The fourth-order valence-electron chi connectivity index (χ4n) is 6.27. The van der Waals surface area contributed by atoms with Crippen LogP contribution in [0.3, 0.4) is 0 Å². The van der Waals surface area contributed by atoms with E-state index < -0.39 is 27.1 Å². The molecule has 0 saturated carbocycles. The maximum absolute atomic E-state index is 12.6. The first kappa shape index (κ1) is 54.9. The number of aliphatic hydroxyl groups excluding tert-OH is 1. The SMILES string of the molecule is CCOP(=O)(CC/C(C)=C/Cc1c(O)c2c(c(C)c1OC)COC2=O)OCC.CCOP(=O)(O)CC/C(C)=C/Cc1c(O)c2c(c(C)c1OC)COC2=O.CO.[Li+].[OH-]. The number of cyclic esters (lactones) is 2. The summed E-state index contributed by atoms with van der Waals surface area (Å²) in [4.78, 5) is 33.5. The minimum absolute atomic E-state index is 0. The van der Waals surface area contributed by atoms with Crippen molar-refractivity contribution in [1.29, 1.82) is 0 Å². The van der Waals surface area contributed by atoms with Crippen LogP contribution >= 0.6 is 15.2 Å². The summed E-state index contributed by atoms with van der Waals surface area (Å²) in [6, 6.07) is 0. The van der Waals surface area contributed by atoms with E-state index in [-0.39, 0.29) is 79.1 Å². The molecule has 0 aliphatic carbocycles. The number of hydrogen-bond acceptors (Lipinski definition) is 15. The number of carbonyl (C=O) groups excluding carboxylic acids is 2. The molecule has 0 bridgehead atoms. The minimum Gasteiger partial charge on any atom is -0.870 e. The summed E-state index contributed by atoms with van der Waals surface area (Å²) in [6.45, 7) is 13.8. The number of phenolic OH excluding ortho intramolecular Hbond substituents is 2. The number of allylic oxidation sites excluding steroid dienone is 4. The third-order valence-corrected chi connectivity index (χ3v) is 12.7. The van der Waals surface area contributed by atoms with E-state index in [2.05, 4.69) is 0 Å². The molecular formula is C39H59LiO16P2. The zero-order chi connectivity index (χ0) is 42.4. The topological polar surface area (TPSA) is 244 Å². The second-order valence-corrected chi connectivity index (χ2v) is 17.0. The first-order valence-electron chi connectivity index (χ1n) is 18.3. The molecule has 0 fully saturated rings. The average Bonchev–Trinajstić information content (AvgIpc) is 3.75. The molecule has 4 rings (SSSR count). The largest absolute Gasteiger partial charge is 1.00 e. The van der Waals surface area contributed by atoms with Crippen LogP contribution in [-0.2, 0) is 58.2 Å². The van der Waals surface area contributed by atoms with Crippen molar-refractivity contribution in [1.82, 2.24) is 0 Å². The summed E-state index contributed by atoms with van der Waals surface area (Å²) in [5, 5.41) is 28.2. The van der Waals surface area contributed by atoms with Crippen molar-refractivity contribution < 1.29 is 95.8 Å². The van der Waals surface area contributed by atoms with Crippen molar-refractivity contribution in [3.63, 3.8) is 0 Å². The molecule has 0 saturated heterocycles. The molecule has 1 atom stereocenters. The number of aliphatic hydroxyl groups is 1. The quantitative estimate of drug-likeness (QED) is 0.0701. The van der Waals surface area contributed by atoms with Crippen molar-refractivity contribution in [2.45, 2.75) is 87.4 Å². The standard InChI is InChI=1S/C20H29O7P.C18H25O7P.CH4O.Li.H2O/c1-6-26-28(23,27-7-2)11-10-13(3)8-9-15-18(21)17-16(12-25-20(17)22)14(4)19(15)24-5;1-5-25-26(21,22)9-8-11(2)6-7-13-16(19)15-14(10-24-18(15)20)12(3)17(13)23-4;1-2;;/h8,21H,6-7,9-12H2,1-5H3;6,19H,5,7-10H2,1-4H3,(H,21,22);2H,1H3;;1H2/q;;;+1;/p-1/b13-8+;11-6+;;;. The molecule has 1 unspecified atom stereocenters. The Kier molecular flexibility index (Phi) is 24.1. The molecule has 0 spiro atoms. The normalized spacial score (nSPS) is 14.2. The molecule has 5 N–H and O–H groups in total. The number of esters is 2. The summed E-state index contributed by atoms with van der Waals surface area (Å²) < 4.78 is 60.8. The van der Waals surface area contributed by atoms with Gasteiger partial charge in [0.1, 0.15) is 47.3 Å². The van der Waals surface area contributed by atoms with E-state index in [9.17, 15) is 33.8 Å². The maximum atomic E-state index is 12.6. The van der Waals surface area contributed by atoms with Gasteiger partial charge in [-0.2, -0.15) is 0 Å². The van der Waals surface area contributed by atoms with Crippen molar-refractivity contribution in [2.24, 2.45) is 0 Å². The average molecular weight is 853 g/mol. The summed E-state index contributed by atoms with van der Waals surface area (Å²) in [7, 11) is -2.62. The van der Waals surface area contributed by atoms with Gasteiger partial charge in [-0.1, -0.05) is 23.3 Å². The van der Waals surface area contributed by atoms with Crippen molar-refractivity contribution in [2.75, 3.05) is 53.5 Å². The van der Waals surface area contributed by atoms with Gasteiger partial charge in [0.2, 0.25) is 0 Å². The number of benzene rings is 2. The van der Waals surface area contributed by atoms with Crippen molar-refractivity contribution >= 4 is 27.1 Å². The number of aromatic hydroxyl groups is 2. The molecular weight excluding hydrogens is 793 g/mol. The van der Waals surface area contributed by atoms with Gasteiger partial charge in [-0.05, 0) is 85.3 Å². The smallest absolute Gasteiger partial charge is 0.870 e. The van der Waals surface area contributed by atoms with E-state index >= 15 is 0 Å². The van der Waals surface area contributed by atoms with Gasteiger partial charge in [0.05, 0.1) is 46.4 Å². The molecule has 0 aromatic heterocycles. The second-order valence-electron chi connectivity index (χ2n) is 12.8. The monoisotopic (exact) mass is 852 g/mol. The van der Waals surface area contributed by atoms with E-state index in [4.69, 9.17) is 37.6 Å². The predicted octanol–water partition coefficient (Wildman–Crippen LogP) is 4.44. The summed E-state index contributed by atoms with van der Waals surface area (Å²) in [5.41, 5.74) is 6.17. The van der Waals surface area contributed by atoms with Crippen LogP contribution in [0.5, 0.6) is 23.0 Å². The number of fused-ring (bicyclic) bond motifs is 2.